The van der Waals surface area contributed by atoms with Gasteiger partial charge in [0.1, 0.15) is 0 Å². The van der Waals surface area contributed by atoms with Crippen molar-refractivity contribution in [1.82, 2.24) is 0 Å². The number of carbonyl (C=O) groups excluding carboxylic acids is 3. The molecule has 2 N–H and O–H groups in total. The minimum Gasteiger partial charge on any atom is -0.368 e. The van der Waals surface area contributed by atoms with Gasteiger partial charge in [-0.25, -0.2) is 4.90 Å². The molecular formula is C11H10N2O3S. The van der Waals surface area contributed by atoms with Crippen LogP contribution in [0.15, 0.2) is 24.3 Å². The minimum atomic E-state index is -1.11. The Morgan fingerprint density at radius 1 is 1.35 bits per heavy atom. The lowest BCUT2D eigenvalue weighted by molar-refractivity contribution is -0.124. The highest BCUT2D eigenvalue weighted by molar-refractivity contribution is 8.16. The second-order valence-electron chi connectivity index (χ2n) is 3.63. The molecule has 0 radical (unpaired) electrons. The van der Waals surface area contributed by atoms with Crippen LogP contribution in [0.4, 0.5) is 10.5 Å². The zero-order valence-electron chi connectivity index (χ0n) is 9.04. The Morgan fingerprint density at radius 2 is 2.00 bits per heavy atom. The van der Waals surface area contributed by atoms with E-state index in [2.05, 4.69) is 0 Å². The quantitative estimate of drug-likeness (QED) is 0.795. The SMILES string of the molecule is Cc1ccccc1N1C(=O)S[C@H](C(N)=O)C1=O. The number of primary amides is 1. The average Bonchev–Trinajstić information content (AvgIpc) is 2.56. The molecule has 1 aliphatic heterocycles. The van der Waals surface area contributed by atoms with Gasteiger partial charge in [-0.2, -0.15) is 0 Å². The Bertz CT molecular complexity index is 515. The third-order valence-corrected chi connectivity index (χ3v) is 3.51. The number of hydrogen-bond acceptors (Lipinski definition) is 4. The normalized spacial score (nSPS) is 19.8. The first kappa shape index (κ1) is 11.7. The molecule has 3 amide bonds. The van der Waals surface area contributed by atoms with Crippen LogP contribution in [0, 0.1) is 6.92 Å². The molecule has 0 bridgehead atoms. The van der Waals surface area contributed by atoms with Crippen molar-refractivity contribution in [3.05, 3.63) is 29.8 Å². The predicted molar refractivity (Wildman–Crippen MR) is 64.6 cm³/mol. The summed E-state index contributed by atoms with van der Waals surface area (Å²) in [5.41, 5.74) is 6.36. The van der Waals surface area contributed by atoms with E-state index >= 15 is 0 Å². The number of aryl methyl sites for hydroxylation is 1. The molecule has 5 nitrogen and oxygen atoms in total. The van der Waals surface area contributed by atoms with E-state index in [1.165, 1.54) is 0 Å². The van der Waals surface area contributed by atoms with Gasteiger partial charge in [0.05, 0.1) is 5.69 Å². The van der Waals surface area contributed by atoms with Gasteiger partial charge >= 0.3 is 0 Å². The Morgan fingerprint density at radius 3 is 2.53 bits per heavy atom. The van der Waals surface area contributed by atoms with Crippen LogP contribution in [0.1, 0.15) is 5.56 Å². The van der Waals surface area contributed by atoms with E-state index in [0.29, 0.717) is 17.4 Å². The molecule has 1 atom stereocenters. The summed E-state index contributed by atoms with van der Waals surface area (Å²) in [6.45, 7) is 1.79. The molecule has 1 fully saturated rings. The Kier molecular flexibility index (Phi) is 2.89. The molecule has 1 aromatic carbocycles. The molecule has 0 spiro atoms. The van der Waals surface area contributed by atoms with Crippen LogP contribution in [0.3, 0.4) is 0 Å². The van der Waals surface area contributed by atoms with Crippen molar-refractivity contribution < 1.29 is 14.4 Å². The maximum Gasteiger partial charge on any atom is 0.294 e. The van der Waals surface area contributed by atoms with Gasteiger partial charge in [0.2, 0.25) is 5.91 Å². The molecule has 0 saturated carbocycles. The third kappa shape index (κ3) is 1.91. The van der Waals surface area contributed by atoms with Crippen LogP contribution in [0.25, 0.3) is 0 Å². The lowest BCUT2D eigenvalue weighted by Crippen LogP contribution is -2.37. The molecule has 1 aromatic rings. The minimum absolute atomic E-state index is 0.465. The number of carbonyl (C=O) groups is 3. The van der Waals surface area contributed by atoms with Crippen molar-refractivity contribution in [2.24, 2.45) is 5.73 Å². The summed E-state index contributed by atoms with van der Waals surface area (Å²) in [4.78, 5) is 35.6. The zero-order chi connectivity index (χ0) is 12.6. The highest BCUT2D eigenvalue weighted by Crippen LogP contribution is 2.33. The van der Waals surface area contributed by atoms with Crippen molar-refractivity contribution in [3.63, 3.8) is 0 Å². The van der Waals surface area contributed by atoms with E-state index in [1.54, 1.807) is 25.1 Å². The number of nitrogens with two attached hydrogens (primary N) is 1. The van der Waals surface area contributed by atoms with Crippen LogP contribution >= 0.6 is 11.8 Å². The average molecular weight is 250 g/mol. The smallest absolute Gasteiger partial charge is 0.294 e. The Labute approximate surface area is 102 Å². The topological polar surface area (TPSA) is 80.5 Å². The fourth-order valence-electron chi connectivity index (χ4n) is 1.62. The van der Waals surface area contributed by atoms with Crippen LogP contribution in [0.5, 0.6) is 0 Å². The van der Waals surface area contributed by atoms with Crippen LogP contribution in [-0.2, 0) is 9.59 Å². The highest BCUT2D eigenvalue weighted by atomic mass is 32.2. The molecular weight excluding hydrogens is 240 g/mol. The molecule has 0 aromatic heterocycles. The molecule has 88 valence electrons. The largest absolute Gasteiger partial charge is 0.368 e. The van der Waals surface area contributed by atoms with Crippen LogP contribution in [-0.4, -0.2) is 22.3 Å². The highest BCUT2D eigenvalue weighted by Gasteiger charge is 2.44. The van der Waals surface area contributed by atoms with E-state index in [9.17, 15) is 14.4 Å². The van der Waals surface area contributed by atoms with Crippen molar-refractivity contribution >= 4 is 34.5 Å². The number of para-hydroxylation sites is 1. The summed E-state index contributed by atoms with van der Waals surface area (Å²) in [7, 11) is 0. The van der Waals surface area contributed by atoms with Crippen molar-refractivity contribution in [2.45, 2.75) is 12.2 Å². The van der Waals surface area contributed by atoms with Gasteiger partial charge in [0.25, 0.3) is 11.1 Å². The number of benzene rings is 1. The molecule has 6 heteroatoms. The van der Waals surface area contributed by atoms with E-state index in [0.717, 1.165) is 10.5 Å². The van der Waals surface area contributed by atoms with Gasteiger partial charge in [-0.1, -0.05) is 18.2 Å². The van der Waals surface area contributed by atoms with E-state index in [-0.39, 0.29) is 0 Å². The first-order valence-corrected chi connectivity index (χ1v) is 5.80. The molecule has 0 unspecified atom stereocenters. The fraction of sp³-hybridized carbons (Fsp3) is 0.182. The first-order chi connectivity index (χ1) is 8.02. The fourth-order valence-corrected chi connectivity index (χ4v) is 2.44. The van der Waals surface area contributed by atoms with Crippen molar-refractivity contribution in [2.75, 3.05) is 4.90 Å². The summed E-state index contributed by atoms with van der Waals surface area (Å²) in [6.07, 6.45) is 0. The lowest BCUT2D eigenvalue weighted by Gasteiger charge is -2.15. The number of anilines is 1. The summed E-state index contributed by atoms with van der Waals surface area (Å²) in [6, 6.07) is 6.99. The van der Waals surface area contributed by atoms with Gasteiger partial charge in [-0.3, -0.25) is 14.4 Å². The van der Waals surface area contributed by atoms with E-state index in [4.69, 9.17) is 5.73 Å². The maximum absolute atomic E-state index is 11.9. The number of imide groups is 1. The predicted octanol–water partition coefficient (Wildman–Crippen LogP) is 1.05. The van der Waals surface area contributed by atoms with Gasteiger partial charge < -0.3 is 5.73 Å². The number of hydrogen-bond donors (Lipinski definition) is 1. The molecule has 2 rings (SSSR count). The van der Waals surface area contributed by atoms with E-state index < -0.39 is 22.3 Å². The number of rotatable bonds is 2. The second-order valence-corrected chi connectivity index (χ2v) is 4.68. The second kappa shape index (κ2) is 4.21. The molecule has 1 heterocycles. The first-order valence-electron chi connectivity index (χ1n) is 4.92. The van der Waals surface area contributed by atoms with Gasteiger partial charge in [0, 0.05) is 0 Å². The van der Waals surface area contributed by atoms with Crippen molar-refractivity contribution in [1.29, 1.82) is 0 Å². The molecule has 0 aliphatic carbocycles. The van der Waals surface area contributed by atoms with Gasteiger partial charge in [0.15, 0.2) is 5.25 Å². The Balaban J connectivity index is 2.41. The van der Waals surface area contributed by atoms with Gasteiger partial charge in [-0.05, 0) is 30.3 Å². The summed E-state index contributed by atoms with van der Waals surface area (Å²) >= 11 is 0.656. The summed E-state index contributed by atoms with van der Waals surface area (Å²) in [5, 5.41) is -1.57. The summed E-state index contributed by atoms with van der Waals surface area (Å²) < 4.78 is 0. The van der Waals surface area contributed by atoms with Crippen LogP contribution in [0.2, 0.25) is 0 Å². The number of amides is 3. The molecule has 17 heavy (non-hydrogen) atoms. The standard InChI is InChI=1S/C11H10N2O3S/c1-6-4-2-3-5-7(6)13-10(15)8(9(12)14)17-11(13)16/h2-5,8H,1H3,(H2,12,14)/t8-/m1/s1. The summed E-state index contributed by atoms with van der Waals surface area (Å²) in [5.74, 6) is -1.36. The Hall–Kier alpha value is -1.82. The molecule has 1 saturated heterocycles. The third-order valence-electron chi connectivity index (χ3n) is 2.46. The zero-order valence-corrected chi connectivity index (χ0v) is 9.86. The number of nitrogens with zero attached hydrogens (tertiary/aromatic N) is 1. The van der Waals surface area contributed by atoms with E-state index in [1.807, 2.05) is 6.07 Å². The lowest BCUT2D eigenvalue weighted by atomic mass is 10.2. The van der Waals surface area contributed by atoms with Crippen LogP contribution < -0.4 is 10.6 Å². The van der Waals surface area contributed by atoms with Gasteiger partial charge in [-0.15, -0.1) is 0 Å². The molecule has 1 aliphatic rings. The number of thioether (sulfide) groups is 1. The van der Waals surface area contributed by atoms with Crippen molar-refractivity contribution in [3.8, 4) is 0 Å². The monoisotopic (exact) mass is 250 g/mol. The maximum atomic E-state index is 11.9.